The molecule has 8 nitrogen and oxygen atoms in total. The number of anilines is 1. The third-order valence-electron chi connectivity index (χ3n) is 4.31. The lowest BCUT2D eigenvalue weighted by molar-refractivity contribution is -0.659. The minimum absolute atomic E-state index is 0.143. The number of ether oxygens (including phenoxy) is 2. The maximum Gasteiger partial charge on any atom is 0.344 e. The van der Waals surface area contributed by atoms with Crippen molar-refractivity contribution >= 4 is 28.5 Å². The molecule has 0 aliphatic heterocycles. The Kier molecular flexibility index (Phi) is 4.85. The Morgan fingerprint density at radius 2 is 2.15 bits per heavy atom. The van der Waals surface area contributed by atoms with E-state index in [9.17, 15) is 9.59 Å². The zero-order valence-corrected chi connectivity index (χ0v) is 15.0. The van der Waals surface area contributed by atoms with E-state index in [4.69, 9.17) is 15.2 Å². The highest BCUT2D eigenvalue weighted by atomic mass is 16.5. The fourth-order valence-corrected chi connectivity index (χ4v) is 2.98. The Labute approximate surface area is 149 Å². The summed E-state index contributed by atoms with van der Waals surface area (Å²) in [7, 11) is 2.88. The largest absolute Gasteiger partial charge is 0.465 e. The van der Waals surface area contributed by atoms with Gasteiger partial charge in [0.1, 0.15) is 10.9 Å². The number of aromatic nitrogens is 3. The molecule has 3 heterocycles. The quantitative estimate of drug-likeness (QED) is 0.314. The Hall–Kier alpha value is -3.00. The van der Waals surface area contributed by atoms with E-state index in [1.165, 1.54) is 17.6 Å². The maximum atomic E-state index is 13.0. The summed E-state index contributed by atoms with van der Waals surface area (Å²) >= 11 is 0. The summed E-state index contributed by atoms with van der Waals surface area (Å²) in [6.45, 7) is 2.85. The van der Waals surface area contributed by atoms with Crippen LogP contribution in [0.2, 0.25) is 0 Å². The second kappa shape index (κ2) is 7.09. The first-order valence-corrected chi connectivity index (χ1v) is 8.20. The molecule has 2 N–H and O–H groups in total. The molecule has 0 radical (unpaired) electrons. The first-order valence-electron chi connectivity index (χ1n) is 8.20. The zero-order chi connectivity index (χ0) is 18.8. The molecule has 8 heteroatoms. The van der Waals surface area contributed by atoms with Gasteiger partial charge in [-0.25, -0.2) is 9.36 Å². The van der Waals surface area contributed by atoms with Gasteiger partial charge in [-0.3, -0.25) is 9.20 Å². The van der Waals surface area contributed by atoms with Gasteiger partial charge in [0.25, 0.3) is 11.2 Å². The molecule has 0 spiro atoms. The van der Waals surface area contributed by atoms with Gasteiger partial charge in [-0.1, -0.05) is 11.1 Å². The monoisotopic (exact) mass is 357 g/mol. The summed E-state index contributed by atoms with van der Waals surface area (Å²) in [6.07, 6.45) is 2.31. The van der Waals surface area contributed by atoms with E-state index in [0.29, 0.717) is 36.3 Å². The summed E-state index contributed by atoms with van der Waals surface area (Å²) in [6, 6.07) is 5.12. The van der Waals surface area contributed by atoms with E-state index in [1.807, 2.05) is 13.0 Å². The predicted molar refractivity (Wildman–Crippen MR) is 96.1 cm³/mol. The first kappa shape index (κ1) is 17.8. The van der Waals surface area contributed by atoms with Crippen LogP contribution in [-0.2, 0) is 16.0 Å². The molecular formula is C18H21N4O4+. The number of carbonyl (C=O) groups is 1. The van der Waals surface area contributed by atoms with Gasteiger partial charge >= 0.3 is 5.97 Å². The molecule has 0 unspecified atom stereocenters. The molecule has 3 aromatic rings. The van der Waals surface area contributed by atoms with Crippen molar-refractivity contribution in [1.82, 2.24) is 9.38 Å². The van der Waals surface area contributed by atoms with Crippen LogP contribution in [0.15, 0.2) is 29.2 Å². The van der Waals surface area contributed by atoms with Gasteiger partial charge in [-0.2, -0.15) is 0 Å². The second-order valence-electron chi connectivity index (χ2n) is 5.97. The van der Waals surface area contributed by atoms with Crippen LogP contribution in [0.1, 0.15) is 22.3 Å². The molecule has 26 heavy (non-hydrogen) atoms. The van der Waals surface area contributed by atoms with E-state index in [-0.39, 0.29) is 16.9 Å². The Balaban J connectivity index is 2.40. The summed E-state index contributed by atoms with van der Waals surface area (Å²) in [5.74, 6) is -0.385. The topological polar surface area (TPSA) is 99.8 Å². The Morgan fingerprint density at radius 1 is 1.38 bits per heavy atom. The minimum atomic E-state index is -0.598. The van der Waals surface area contributed by atoms with Crippen molar-refractivity contribution in [3.63, 3.8) is 0 Å². The summed E-state index contributed by atoms with van der Waals surface area (Å²) in [4.78, 5) is 29.8. The maximum absolute atomic E-state index is 13.0. The molecule has 136 valence electrons. The number of hydrogen-bond acceptors (Lipinski definition) is 6. The van der Waals surface area contributed by atoms with Crippen LogP contribution in [0.5, 0.6) is 0 Å². The van der Waals surface area contributed by atoms with Gasteiger partial charge < -0.3 is 15.2 Å². The molecule has 3 rings (SSSR count). The number of hydrogen-bond donors (Lipinski definition) is 1. The molecule has 0 atom stereocenters. The number of rotatable bonds is 5. The average Bonchev–Trinajstić information content (AvgIpc) is 2.64. The van der Waals surface area contributed by atoms with Gasteiger partial charge in [0.15, 0.2) is 0 Å². The van der Waals surface area contributed by atoms with Crippen molar-refractivity contribution < 1.29 is 18.8 Å². The van der Waals surface area contributed by atoms with Crippen LogP contribution in [0, 0.1) is 6.92 Å². The van der Waals surface area contributed by atoms with Crippen molar-refractivity contribution in [2.75, 3.05) is 26.6 Å². The lowest BCUT2D eigenvalue weighted by Crippen LogP contribution is -2.42. The highest BCUT2D eigenvalue weighted by Gasteiger charge is 2.24. The van der Waals surface area contributed by atoms with Crippen LogP contribution in [0.3, 0.4) is 0 Å². The number of nitrogens with zero attached hydrogens (tertiary/aromatic N) is 3. The number of nitrogen functional groups attached to an aromatic ring is 1. The van der Waals surface area contributed by atoms with Crippen LogP contribution in [-0.4, -0.2) is 36.2 Å². The molecule has 0 aliphatic rings. The highest BCUT2D eigenvalue weighted by molar-refractivity contribution is 5.96. The zero-order valence-electron chi connectivity index (χ0n) is 15.0. The van der Waals surface area contributed by atoms with Crippen LogP contribution < -0.4 is 15.9 Å². The van der Waals surface area contributed by atoms with E-state index in [1.54, 1.807) is 23.9 Å². The number of pyridine rings is 2. The van der Waals surface area contributed by atoms with Crippen molar-refractivity contribution in [3.8, 4) is 0 Å². The van der Waals surface area contributed by atoms with Gasteiger partial charge in [0.05, 0.1) is 13.7 Å². The highest BCUT2D eigenvalue weighted by Crippen LogP contribution is 2.16. The number of fused-ring (bicyclic) bond motifs is 2. The number of nitrogens with two attached hydrogens (primary N) is 1. The Bertz CT molecular complexity index is 1060. The molecule has 0 saturated carbocycles. The Morgan fingerprint density at radius 3 is 2.85 bits per heavy atom. The number of esters is 1. The van der Waals surface area contributed by atoms with E-state index >= 15 is 0 Å². The summed E-state index contributed by atoms with van der Waals surface area (Å²) < 4.78 is 13.0. The molecule has 0 saturated heterocycles. The van der Waals surface area contributed by atoms with Crippen molar-refractivity contribution in [1.29, 1.82) is 0 Å². The second-order valence-corrected chi connectivity index (χ2v) is 5.97. The molecule has 0 bridgehead atoms. The third-order valence-corrected chi connectivity index (χ3v) is 4.31. The van der Waals surface area contributed by atoms with E-state index < -0.39 is 5.97 Å². The SMILES string of the molecule is COCCC[n+]1c(N)c(C(=O)OC)cc2c(=O)n3cccc(C)c3nc21. The summed E-state index contributed by atoms with van der Waals surface area (Å²) in [5, 5.41) is 0.306. The van der Waals surface area contributed by atoms with Gasteiger partial charge in [0.2, 0.25) is 11.5 Å². The fraction of sp³-hybridized carbons (Fsp3) is 0.333. The number of carbonyl (C=O) groups excluding carboxylic acids is 1. The van der Waals surface area contributed by atoms with Crippen LogP contribution >= 0.6 is 0 Å². The van der Waals surface area contributed by atoms with Crippen LogP contribution in [0.4, 0.5) is 5.82 Å². The van der Waals surface area contributed by atoms with Crippen LogP contribution in [0.25, 0.3) is 16.7 Å². The average molecular weight is 357 g/mol. The van der Waals surface area contributed by atoms with Crippen molar-refractivity contribution in [2.45, 2.75) is 19.9 Å². The summed E-state index contributed by atoms with van der Waals surface area (Å²) in [5.41, 5.74) is 7.94. The molecule has 0 aliphatic carbocycles. The smallest absolute Gasteiger partial charge is 0.344 e. The third kappa shape index (κ3) is 2.88. The van der Waals surface area contributed by atoms with Crippen molar-refractivity contribution in [2.24, 2.45) is 0 Å². The normalized spacial score (nSPS) is 11.2. The molecule has 0 amide bonds. The van der Waals surface area contributed by atoms with Gasteiger partial charge in [0, 0.05) is 31.9 Å². The lowest BCUT2D eigenvalue weighted by atomic mass is 10.2. The molecule has 0 fully saturated rings. The fourth-order valence-electron chi connectivity index (χ4n) is 2.98. The predicted octanol–water partition coefficient (Wildman–Crippen LogP) is 0.849. The standard InChI is InChI=1S/C18H20N4O4/c1-11-6-4-7-22-15(11)20-16-13(17(22)23)10-12(18(24)26-3)14(19)21(16)8-5-9-25-2/h4,6-7,10,19H,5,8-9H2,1-3H3/p+1. The van der Waals surface area contributed by atoms with Gasteiger partial charge in [-0.05, 0) is 19.1 Å². The minimum Gasteiger partial charge on any atom is -0.465 e. The lowest BCUT2D eigenvalue weighted by Gasteiger charge is -2.11. The van der Waals surface area contributed by atoms with E-state index in [2.05, 4.69) is 4.98 Å². The molecular weight excluding hydrogens is 336 g/mol. The number of aryl methyl sites for hydroxylation is 2. The van der Waals surface area contributed by atoms with Crippen molar-refractivity contribution in [3.05, 3.63) is 45.9 Å². The van der Waals surface area contributed by atoms with Gasteiger partial charge in [-0.15, -0.1) is 0 Å². The first-order chi connectivity index (χ1) is 12.5. The molecule has 3 aromatic heterocycles. The van der Waals surface area contributed by atoms with E-state index in [0.717, 1.165) is 5.56 Å². The molecule has 0 aromatic carbocycles. The number of methoxy groups -OCH3 is 2.